The molecule has 2 aromatic rings. The molecule has 112 valence electrons. The lowest BCUT2D eigenvalue weighted by molar-refractivity contribution is -0.121. The van der Waals surface area contributed by atoms with Crippen LogP contribution in [0.25, 0.3) is 11.4 Å². The molecule has 0 aliphatic carbocycles. The minimum absolute atomic E-state index is 0.0214. The maximum absolute atomic E-state index is 11.9. The molecule has 0 spiro atoms. The molecule has 1 atom stereocenters. The summed E-state index contributed by atoms with van der Waals surface area (Å²) >= 11 is 5.23. The van der Waals surface area contributed by atoms with Crippen molar-refractivity contribution in [2.24, 2.45) is 0 Å². The lowest BCUT2D eigenvalue weighted by Gasteiger charge is -2.12. The molecular weight excluding hydrogens is 286 g/mol. The van der Waals surface area contributed by atoms with E-state index in [2.05, 4.69) is 20.5 Å². The first-order valence-corrected chi connectivity index (χ1v) is 7.37. The minimum Gasteiger partial charge on any atom is -0.354 e. The first-order chi connectivity index (χ1) is 10.1. The molecule has 0 bridgehead atoms. The number of hydrogen-bond acceptors (Lipinski definition) is 4. The van der Waals surface area contributed by atoms with Crippen molar-refractivity contribution in [2.75, 3.05) is 0 Å². The third-order valence-corrected chi connectivity index (χ3v) is 3.59. The molecule has 21 heavy (non-hydrogen) atoms. The Balaban J connectivity index is 2.09. The van der Waals surface area contributed by atoms with Crippen molar-refractivity contribution in [3.05, 3.63) is 29.3 Å². The number of carbonyl (C=O) groups is 1. The molecular formula is C14H19N5OS. The molecule has 1 amide bonds. The Bertz CT molecular complexity index is 649. The predicted molar refractivity (Wildman–Crippen MR) is 83.2 cm³/mol. The van der Waals surface area contributed by atoms with Gasteiger partial charge in [-0.25, -0.2) is 0 Å². The normalized spacial score (nSPS) is 12.1. The molecule has 0 aliphatic rings. The van der Waals surface area contributed by atoms with E-state index in [1.165, 1.54) is 0 Å². The number of pyridine rings is 1. The standard InChI is InChI=1S/C14H19N5OS/c1-3-10(2)16-12(20)6-9-19-13(17-18-14(19)21)11-4-7-15-8-5-11/h4-5,7-8,10H,3,6,9H2,1-2H3,(H,16,20)(H,18,21). The van der Waals surface area contributed by atoms with Crippen molar-refractivity contribution in [3.8, 4) is 11.4 Å². The van der Waals surface area contributed by atoms with Crippen LogP contribution in [0.2, 0.25) is 0 Å². The fraction of sp³-hybridized carbons (Fsp3) is 0.429. The van der Waals surface area contributed by atoms with Crippen LogP contribution in [0.5, 0.6) is 0 Å². The first kappa shape index (κ1) is 15.4. The highest BCUT2D eigenvalue weighted by Gasteiger charge is 2.11. The number of hydrogen-bond donors (Lipinski definition) is 2. The number of nitrogens with one attached hydrogen (secondary N) is 2. The van der Waals surface area contributed by atoms with Crippen LogP contribution in [0, 0.1) is 4.77 Å². The summed E-state index contributed by atoms with van der Waals surface area (Å²) in [5, 5.41) is 9.95. The Kier molecular flexibility index (Phi) is 5.21. The van der Waals surface area contributed by atoms with Gasteiger partial charge in [-0.2, -0.15) is 5.10 Å². The van der Waals surface area contributed by atoms with Crippen molar-refractivity contribution in [2.45, 2.75) is 39.3 Å². The zero-order valence-electron chi connectivity index (χ0n) is 12.2. The predicted octanol–water partition coefficient (Wildman–Crippen LogP) is 2.31. The second-order valence-electron chi connectivity index (χ2n) is 4.87. The third-order valence-electron chi connectivity index (χ3n) is 3.28. The smallest absolute Gasteiger partial charge is 0.222 e. The van der Waals surface area contributed by atoms with Crippen molar-refractivity contribution in [3.63, 3.8) is 0 Å². The molecule has 1 unspecified atom stereocenters. The van der Waals surface area contributed by atoms with E-state index in [1.54, 1.807) is 12.4 Å². The van der Waals surface area contributed by atoms with Crippen LogP contribution in [0.1, 0.15) is 26.7 Å². The topological polar surface area (TPSA) is 75.6 Å². The highest BCUT2D eigenvalue weighted by Crippen LogP contribution is 2.16. The van der Waals surface area contributed by atoms with Gasteiger partial charge in [0.15, 0.2) is 10.6 Å². The van der Waals surface area contributed by atoms with E-state index in [1.807, 2.05) is 30.5 Å². The molecule has 2 aromatic heterocycles. The summed E-state index contributed by atoms with van der Waals surface area (Å²) in [6.07, 6.45) is 4.69. The number of aromatic amines is 1. The fourth-order valence-corrected chi connectivity index (χ4v) is 2.13. The van der Waals surface area contributed by atoms with Gasteiger partial charge in [0, 0.05) is 37.0 Å². The van der Waals surface area contributed by atoms with Gasteiger partial charge in [-0.3, -0.25) is 19.4 Å². The molecule has 0 aromatic carbocycles. The molecule has 0 radical (unpaired) electrons. The Morgan fingerprint density at radius 2 is 2.19 bits per heavy atom. The molecule has 0 fully saturated rings. The fourth-order valence-electron chi connectivity index (χ4n) is 1.91. The van der Waals surface area contributed by atoms with Gasteiger partial charge in [-0.1, -0.05) is 6.92 Å². The zero-order chi connectivity index (χ0) is 15.2. The SMILES string of the molecule is CCC(C)NC(=O)CCn1c(-c2ccncc2)n[nH]c1=S. The summed E-state index contributed by atoms with van der Waals surface area (Å²) in [6.45, 7) is 4.53. The van der Waals surface area contributed by atoms with E-state index in [9.17, 15) is 4.79 Å². The monoisotopic (exact) mass is 305 g/mol. The lowest BCUT2D eigenvalue weighted by atomic mass is 10.2. The average Bonchev–Trinajstić information content (AvgIpc) is 2.87. The number of rotatable bonds is 6. The first-order valence-electron chi connectivity index (χ1n) is 6.96. The number of nitrogens with zero attached hydrogens (tertiary/aromatic N) is 3. The van der Waals surface area contributed by atoms with Crippen molar-refractivity contribution in [1.29, 1.82) is 0 Å². The van der Waals surface area contributed by atoms with Crippen molar-refractivity contribution in [1.82, 2.24) is 25.1 Å². The zero-order valence-corrected chi connectivity index (χ0v) is 13.0. The lowest BCUT2D eigenvalue weighted by Crippen LogP contribution is -2.32. The highest BCUT2D eigenvalue weighted by molar-refractivity contribution is 7.71. The summed E-state index contributed by atoms with van der Waals surface area (Å²) in [5.41, 5.74) is 0.916. The summed E-state index contributed by atoms with van der Waals surface area (Å²) in [7, 11) is 0. The largest absolute Gasteiger partial charge is 0.354 e. The number of carbonyl (C=O) groups excluding carboxylic acids is 1. The van der Waals surface area contributed by atoms with Gasteiger partial charge >= 0.3 is 0 Å². The van der Waals surface area contributed by atoms with Gasteiger partial charge in [-0.05, 0) is 37.7 Å². The van der Waals surface area contributed by atoms with E-state index in [0.717, 1.165) is 17.8 Å². The van der Waals surface area contributed by atoms with Gasteiger partial charge in [0.05, 0.1) is 0 Å². The molecule has 2 rings (SSSR count). The summed E-state index contributed by atoms with van der Waals surface area (Å²) in [4.78, 5) is 15.9. The third kappa shape index (κ3) is 3.98. The van der Waals surface area contributed by atoms with E-state index in [0.29, 0.717) is 17.7 Å². The maximum atomic E-state index is 11.9. The molecule has 6 nitrogen and oxygen atoms in total. The highest BCUT2D eigenvalue weighted by atomic mass is 32.1. The van der Waals surface area contributed by atoms with Crippen LogP contribution in [0.3, 0.4) is 0 Å². The molecule has 7 heteroatoms. The summed E-state index contributed by atoms with van der Waals surface area (Å²) < 4.78 is 2.35. The molecule has 0 saturated carbocycles. The number of aromatic nitrogens is 4. The van der Waals surface area contributed by atoms with E-state index in [-0.39, 0.29) is 11.9 Å². The minimum atomic E-state index is 0.0214. The Morgan fingerprint density at radius 3 is 2.86 bits per heavy atom. The summed E-state index contributed by atoms with van der Waals surface area (Å²) in [6, 6.07) is 3.91. The van der Waals surface area contributed by atoms with Crippen LogP contribution >= 0.6 is 12.2 Å². The van der Waals surface area contributed by atoms with E-state index >= 15 is 0 Å². The van der Waals surface area contributed by atoms with Crippen molar-refractivity contribution >= 4 is 18.1 Å². The Morgan fingerprint density at radius 1 is 1.48 bits per heavy atom. The van der Waals surface area contributed by atoms with Gasteiger partial charge in [0.1, 0.15) is 0 Å². The maximum Gasteiger partial charge on any atom is 0.222 e. The Hall–Kier alpha value is -2.02. The van der Waals surface area contributed by atoms with Crippen LogP contribution in [-0.4, -0.2) is 31.7 Å². The van der Waals surface area contributed by atoms with Crippen LogP contribution < -0.4 is 5.32 Å². The second-order valence-corrected chi connectivity index (χ2v) is 5.25. The van der Waals surface area contributed by atoms with Gasteiger partial charge in [0.25, 0.3) is 0 Å². The molecule has 2 heterocycles. The van der Waals surface area contributed by atoms with Gasteiger partial charge in [-0.15, -0.1) is 0 Å². The second kappa shape index (κ2) is 7.12. The number of amides is 1. The van der Waals surface area contributed by atoms with Crippen LogP contribution in [0.15, 0.2) is 24.5 Å². The average molecular weight is 305 g/mol. The van der Waals surface area contributed by atoms with Gasteiger partial charge in [0.2, 0.25) is 5.91 Å². The number of H-pyrrole nitrogens is 1. The van der Waals surface area contributed by atoms with Crippen LogP contribution in [0.4, 0.5) is 0 Å². The Labute approximate surface area is 128 Å². The molecule has 0 aliphatic heterocycles. The van der Waals surface area contributed by atoms with Gasteiger partial charge < -0.3 is 5.32 Å². The van der Waals surface area contributed by atoms with Crippen molar-refractivity contribution < 1.29 is 4.79 Å². The van der Waals surface area contributed by atoms with E-state index in [4.69, 9.17) is 12.2 Å². The molecule has 2 N–H and O–H groups in total. The van der Waals surface area contributed by atoms with E-state index < -0.39 is 0 Å². The summed E-state index contributed by atoms with van der Waals surface area (Å²) in [5.74, 6) is 0.742. The van der Waals surface area contributed by atoms with Crippen LogP contribution in [-0.2, 0) is 11.3 Å². The quantitative estimate of drug-likeness (QED) is 0.803. The molecule has 0 saturated heterocycles.